The lowest BCUT2D eigenvalue weighted by Crippen LogP contribution is -1.63. The normalized spacial score (nSPS) is 7.71. The average Bonchev–Trinajstić information content (AvgIpc) is 2.30. The summed E-state index contributed by atoms with van der Waals surface area (Å²) in [6.07, 6.45) is 5.15. The lowest BCUT2D eigenvalue weighted by atomic mass is 10.2. The molecular weight excluding hydrogens is 168 g/mol. The second-order valence-corrected chi connectivity index (χ2v) is 2.60. The maximum absolute atomic E-state index is 3.63. The van der Waals surface area contributed by atoms with Gasteiger partial charge in [0, 0.05) is 0 Å². The average molecular weight is 184 g/mol. The van der Waals surface area contributed by atoms with Gasteiger partial charge in [-0.1, -0.05) is 74.9 Å². The summed E-state index contributed by atoms with van der Waals surface area (Å²) in [7, 11) is 0. The van der Waals surface area contributed by atoms with Gasteiger partial charge < -0.3 is 0 Å². The zero-order chi connectivity index (χ0) is 10.8. The summed E-state index contributed by atoms with van der Waals surface area (Å²) >= 11 is 0. The molecule has 0 aliphatic rings. The van der Waals surface area contributed by atoms with Crippen molar-refractivity contribution in [3.63, 3.8) is 0 Å². The van der Waals surface area contributed by atoms with E-state index in [9.17, 15) is 0 Å². The van der Waals surface area contributed by atoms with Crippen LogP contribution in [0.15, 0.2) is 74.4 Å². The lowest BCUT2D eigenvalue weighted by molar-refractivity contribution is 1.67. The fourth-order valence-corrected chi connectivity index (χ4v) is 0.672. The van der Waals surface area contributed by atoms with Crippen LogP contribution in [0, 0.1) is 0 Å². The third-order valence-corrected chi connectivity index (χ3v) is 1.56. The van der Waals surface area contributed by atoms with E-state index in [2.05, 4.69) is 26.3 Å². The van der Waals surface area contributed by atoms with Crippen molar-refractivity contribution in [3.8, 4) is 0 Å². The molecule has 1 aromatic carbocycles. The van der Waals surface area contributed by atoms with Gasteiger partial charge in [-0.2, -0.15) is 0 Å². The first kappa shape index (κ1) is 12.2. The molecule has 1 rings (SSSR count). The third-order valence-electron chi connectivity index (χ3n) is 1.56. The minimum Gasteiger partial charge on any atom is -0.0985 e. The number of benzene rings is 1. The number of hydrogen-bond acceptors (Lipinski definition) is 0. The van der Waals surface area contributed by atoms with Gasteiger partial charge in [0.1, 0.15) is 0 Å². The second kappa shape index (κ2) is 7.81. The summed E-state index contributed by atoms with van der Waals surface area (Å²) in [5.41, 5.74) is 2.04. The van der Waals surface area contributed by atoms with Gasteiger partial charge in [-0.05, 0) is 11.1 Å². The molecule has 0 saturated carbocycles. The molecule has 0 saturated heterocycles. The Hall–Kier alpha value is -1.82. The SMILES string of the molecule is C=CC(=C)C=C.C=Cc1ccccc1. The summed E-state index contributed by atoms with van der Waals surface area (Å²) in [4.78, 5) is 0. The predicted octanol–water partition coefficient (Wildman–Crippen LogP) is 4.24. The van der Waals surface area contributed by atoms with E-state index in [-0.39, 0.29) is 0 Å². The highest BCUT2D eigenvalue weighted by Crippen LogP contribution is 1.97. The van der Waals surface area contributed by atoms with Crippen molar-refractivity contribution in [1.29, 1.82) is 0 Å². The molecule has 0 heteroatoms. The maximum atomic E-state index is 3.63. The van der Waals surface area contributed by atoms with Crippen LogP contribution < -0.4 is 0 Å². The smallest absolute Gasteiger partial charge is 0.0263 e. The van der Waals surface area contributed by atoms with Crippen molar-refractivity contribution in [1.82, 2.24) is 0 Å². The zero-order valence-corrected chi connectivity index (χ0v) is 8.45. The van der Waals surface area contributed by atoms with E-state index in [1.165, 1.54) is 5.56 Å². The predicted molar refractivity (Wildman–Crippen MR) is 66.1 cm³/mol. The number of allylic oxidation sites excluding steroid dienone is 3. The van der Waals surface area contributed by atoms with E-state index in [1.807, 2.05) is 36.4 Å². The van der Waals surface area contributed by atoms with Gasteiger partial charge >= 0.3 is 0 Å². The fraction of sp³-hybridized carbons (Fsp3) is 0. The highest BCUT2D eigenvalue weighted by Gasteiger charge is 1.75. The van der Waals surface area contributed by atoms with Crippen molar-refractivity contribution < 1.29 is 0 Å². The Balaban J connectivity index is 0.000000255. The standard InChI is InChI=1S/C8H8.C6H8/c1-2-8-6-4-3-5-7-8;1-4-6(3)5-2/h2-7H,1H2;4-5H,1-3H2. The lowest BCUT2D eigenvalue weighted by Gasteiger charge is -1.85. The molecule has 0 nitrogen and oxygen atoms in total. The number of hydrogen-bond donors (Lipinski definition) is 0. The van der Waals surface area contributed by atoms with Gasteiger partial charge in [0.2, 0.25) is 0 Å². The highest BCUT2D eigenvalue weighted by atomic mass is 13.8. The topological polar surface area (TPSA) is 0 Å². The summed E-state index contributed by atoms with van der Waals surface area (Å²) < 4.78 is 0. The summed E-state index contributed by atoms with van der Waals surface area (Å²) in [6, 6.07) is 10.0. The summed E-state index contributed by atoms with van der Waals surface area (Å²) in [5, 5.41) is 0. The van der Waals surface area contributed by atoms with Gasteiger partial charge in [0.05, 0.1) is 0 Å². The van der Waals surface area contributed by atoms with Gasteiger partial charge in [-0.15, -0.1) is 0 Å². The molecule has 0 radical (unpaired) electrons. The second-order valence-electron chi connectivity index (χ2n) is 2.60. The van der Waals surface area contributed by atoms with Crippen LogP contribution in [0.5, 0.6) is 0 Å². The molecule has 0 unspecified atom stereocenters. The first-order valence-corrected chi connectivity index (χ1v) is 4.36. The van der Waals surface area contributed by atoms with Crippen LogP contribution in [0.1, 0.15) is 5.56 Å². The third kappa shape index (κ3) is 5.78. The summed E-state index contributed by atoms with van der Waals surface area (Å²) in [6.45, 7) is 14.1. The van der Waals surface area contributed by atoms with Crippen molar-refractivity contribution >= 4 is 6.08 Å². The van der Waals surface area contributed by atoms with E-state index in [4.69, 9.17) is 0 Å². The van der Waals surface area contributed by atoms with Gasteiger partial charge in [0.15, 0.2) is 0 Å². The molecule has 14 heavy (non-hydrogen) atoms. The van der Waals surface area contributed by atoms with Crippen LogP contribution >= 0.6 is 0 Å². The Morgan fingerprint density at radius 2 is 1.43 bits per heavy atom. The number of rotatable bonds is 3. The van der Waals surface area contributed by atoms with Crippen molar-refractivity contribution in [2.75, 3.05) is 0 Å². The molecule has 0 fully saturated rings. The Morgan fingerprint density at radius 1 is 0.929 bits per heavy atom. The van der Waals surface area contributed by atoms with Crippen LogP contribution in [0.4, 0.5) is 0 Å². The van der Waals surface area contributed by atoms with Crippen LogP contribution in [-0.4, -0.2) is 0 Å². The van der Waals surface area contributed by atoms with E-state index >= 15 is 0 Å². The Labute approximate surface area is 86.6 Å². The van der Waals surface area contributed by atoms with Gasteiger partial charge in [-0.25, -0.2) is 0 Å². The van der Waals surface area contributed by atoms with Crippen LogP contribution in [-0.2, 0) is 0 Å². The molecule has 0 spiro atoms. The molecular formula is C14H16. The van der Waals surface area contributed by atoms with Gasteiger partial charge in [0.25, 0.3) is 0 Å². The largest absolute Gasteiger partial charge is 0.0985 e. The van der Waals surface area contributed by atoms with Crippen LogP contribution in [0.2, 0.25) is 0 Å². The van der Waals surface area contributed by atoms with Crippen LogP contribution in [0.3, 0.4) is 0 Å². The highest BCUT2D eigenvalue weighted by molar-refractivity contribution is 5.45. The first-order chi connectivity index (χ1) is 6.74. The molecule has 0 aliphatic heterocycles. The molecule has 0 amide bonds. The molecule has 72 valence electrons. The van der Waals surface area contributed by atoms with Crippen LogP contribution in [0.25, 0.3) is 6.08 Å². The van der Waals surface area contributed by atoms with Crippen molar-refractivity contribution in [3.05, 3.63) is 79.9 Å². The Bertz CT molecular complexity index is 294. The van der Waals surface area contributed by atoms with E-state index < -0.39 is 0 Å². The molecule has 0 aromatic heterocycles. The Morgan fingerprint density at radius 3 is 1.64 bits per heavy atom. The maximum Gasteiger partial charge on any atom is -0.0263 e. The molecule has 0 aliphatic carbocycles. The van der Waals surface area contributed by atoms with Gasteiger partial charge in [-0.3, -0.25) is 0 Å². The van der Waals surface area contributed by atoms with E-state index in [0.29, 0.717) is 0 Å². The fourth-order valence-electron chi connectivity index (χ4n) is 0.672. The minimum atomic E-state index is 0.870. The van der Waals surface area contributed by atoms with Crippen molar-refractivity contribution in [2.24, 2.45) is 0 Å². The Kier molecular flexibility index (Phi) is 6.79. The van der Waals surface area contributed by atoms with E-state index in [1.54, 1.807) is 12.2 Å². The molecule has 0 bridgehead atoms. The van der Waals surface area contributed by atoms with Crippen molar-refractivity contribution in [2.45, 2.75) is 0 Å². The first-order valence-electron chi connectivity index (χ1n) is 4.36. The quantitative estimate of drug-likeness (QED) is 0.616. The monoisotopic (exact) mass is 184 g/mol. The molecule has 1 aromatic rings. The summed E-state index contributed by atoms with van der Waals surface area (Å²) in [5.74, 6) is 0. The molecule has 0 N–H and O–H groups in total. The zero-order valence-electron chi connectivity index (χ0n) is 8.45. The molecule has 0 heterocycles. The molecule has 0 atom stereocenters. The minimum absolute atomic E-state index is 0.870. The van der Waals surface area contributed by atoms with E-state index in [0.717, 1.165) is 5.57 Å².